The SMILES string of the molecule is CC(C)(C)c1nc(N2CCc3sccc3C2)sc1CN. The number of nitrogens with zero attached hydrogens (tertiary/aromatic N) is 2. The molecule has 5 heteroatoms. The molecule has 0 amide bonds. The molecule has 0 atom stereocenters. The highest BCUT2D eigenvalue weighted by molar-refractivity contribution is 7.15. The van der Waals surface area contributed by atoms with E-state index in [-0.39, 0.29) is 5.41 Å². The summed E-state index contributed by atoms with van der Waals surface area (Å²) in [6, 6.07) is 2.24. The number of fused-ring (bicyclic) bond motifs is 1. The smallest absolute Gasteiger partial charge is 0.186 e. The zero-order chi connectivity index (χ0) is 14.3. The summed E-state index contributed by atoms with van der Waals surface area (Å²) in [6.07, 6.45) is 1.13. The van der Waals surface area contributed by atoms with Gasteiger partial charge in [0, 0.05) is 34.8 Å². The number of rotatable bonds is 2. The standard InChI is InChI=1S/C15H21N3S2/c1-15(2,3)13-12(8-16)20-14(17-13)18-6-4-11-10(9-18)5-7-19-11/h5,7H,4,6,8-9,16H2,1-3H3. The fourth-order valence-corrected chi connectivity index (χ4v) is 4.67. The third kappa shape index (κ3) is 2.50. The Labute approximate surface area is 128 Å². The van der Waals surface area contributed by atoms with Gasteiger partial charge < -0.3 is 10.6 Å². The third-order valence-corrected chi connectivity index (χ3v) is 5.82. The Morgan fingerprint density at radius 2 is 2.20 bits per heavy atom. The predicted molar refractivity (Wildman–Crippen MR) is 87.8 cm³/mol. The van der Waals surface area contributed by atoms with E-state index < -0.39 is 0 Å². The van der Waals surface area contributed by atoms with Crippen molar-refractivity contribution in [3.8, 4) is 0 Å². The highest BCUT2D eigenvalue weighted by Crippen LogP contribution is 2.36. The zero-order valence-electron chi connectivity index (χ0n) is 12.3. The van der Waals surface area contributed by atoms with Gasteiger partial charge >= 0.3 is 0 Å². The van der Waals surface area contributed by atoms with Gasteiger partial charge in [0.05, 0.1) is 5.69 Å². The fraction of sp³-hybridized carbons (Fsp3) is 0.533. The number of thiazole rings is 1. The minimum absolute atomic E-state index is 0.0623. The molecule has 0 saturated heterocycles. The molecule has 3 rings (SSSR count). The average Bonchev–Trinajstić information content (AvgIpc) is 3.03. The van der Waals surface area contributed by atoms with E-state index in [4.69, 9.17) is 10.7 Å². The van der Waals surface area contributed by atoms with Crippen molar-refractivity contribution in [1.29, 1.82) is 0 Å². The van der Waals surface area contributed by atoms with Crippen LogP contribution in [0.2, 0.25) is 0 Å². The van der Waals surface area contributed by atoms with E-state index >= 15 is 0 Å². The highest BCUT2D eigenvalue weighted by Gasteiger charge is 2.26. The monoisotopic (exact) mass is 307 g/mol. The molecule has 0 spiro atoms. The first kappa shape index (κ1) is 14.0. The molecule has 2 aromatic rings. The second-order valence-corrected chi connectivity index (χ2v) is 8.33. The number of hydrogen-bond donors (Lipinski definition) is 1. The van der Waals surface area contributed by atoms with E-state index in [0.29, 0.717) is 6.54 Å². The summed E-state index contributed by atoms with van der Waals surface area (Å²) in [6.45, 7) is 9.25. The molecular formula is C15H21N3S2. The third-order valence-electron chi connectivity index (χ3n) is 3.66. The molecule has 3 nitrogen and oxygen atoms in total. The quantitative estimate of drug-likeness (QED) is 0.923. The predicted octanol–water partition coefficient (Wildman–Crippen LogP) is 3.52. The van der Waals surface area contributed by atoms with Gasteiger partial charge in [0.15, 0.2) is 5.13 Å². The minimum atomic E-state index is 0.0623. The Morgan fingerprint density at radius 1 is 1.40 bits per heavy atom. The molecule has 20 heavy (non-hydrogen) atoms. The molecule has 0 unspecified atom stereocenters. The van der Waals surface area contributed by atoms with Crippen molar-refractivity contribution in [3.63, 3.8) is 0 Å². The number of anilines is 1. The maximum Gasteiger partial charge on any atom is 0.186 e. The average molecular weight is 307 g/mol. The van der Waals surface area contributed by atoms with Crippen LogP contribution in [0.3, 0.4) is 0 Å². The summed E-state index contributed by atoms with van der Waals surface area (Å²) in [5, 5.41) is 3.33. The number of thiophene rings is 1. The first-order chi connectivity index (χ1) is 9.49. The van der Waals surface area contributed by atoms with Crippen molar-refractivity contribution in [3.05, 3.63) is 32.5 Å². The van der Waals surface area contributed by atoms with Crippen LogP contribution < -0.4 is 10.6 Å². The normalized spacial score (nSPS) is 15.5. The van der Waals surface area contributed by atoms with Crippen molar-refractivity contribution in [2.24, 2.45) is 5.73 Å². The molecule has 1 aliphatic rings. The Bertz CT molecular complexity index is 607. The van der Waals surface area contributed by atoms with E-state index in [9.17, 15) is 0 Å². The number of nitrogens with two attached hydrogens (primary N) is 1. The molecular weight excluding hydrogens is 286 g/mol. The van der Waals surface area contributed by atoms with Crippen LogP contribution in [0, 0.1) is 0 Å². The largest absolute Gasteiger partial charge is 0.343 e. The van der Waals surface area contributed by atoms with Crippen molar-refractivity contribution < 1.29 is 0 Å². The first-order valence-corrected chi connectivity index (χ1v) is 8.69. The molecule has 0 aliphatic carbocycles. The highest BCUT2D eigenvalue weighted by atomic mass is 32.1. The Kier molecular flexibility index (Phi) is 3.60. The van der Waals surface area contributed by atoms with Crippen LogP contribution >= 0.6 is 22.7 Å². The Balaban J connectivity index is 1.90. The van der Waals surface area contributed by atoms with Gasteiger partial charge in [-0.3, -0.25) is 0 Å². The maximum atomic E-state index is 5.90. The lowest BCUT2D eigenvalue weighted by atomic mass is 9.91. The van der Waals surface area contributed by atoms with Gasteiger partial charge in [0.1, 0.15) is 0 Å². The van der Waals surface area contributed by atoms with Crippen LogP contribution in [0.5, 0.6) is 0 Å². The van der Waals surface area contributed by atoms with Crippen LogP contribution in [0.1, 0.15) is 41.8 Å². The Morgan fingerprint density at radius 3 is 2.85 bits per heavy atom. The van der Waals surface area contributed by atoms with Gasteiger partial charge in [0.25, 0.3) is 0 Å². The molecule has 0 aromatic carbocycles. The molecule has 0 radical (unpaired) electrons. The molecule has 2 N–H and O–H groups in total. The van der Waals surface area contributed by atoms with Gasteiger partial charge in [-0.15, -0.1) is 22.7 Å². The second-order valence-electron chi connectivity index (χ2n) is 6.26. The van der Waals surface area contributed by atoms with Crippen molar-refractivity contribution in [2.75, 3.05) is 11.4 Å². The van der Waals surface area contributed by atoms with E-state index in [1.807, 2.05) is 11.3 Å². The van der Waals surface area contributed by atoms with Crippen LogP contribution in [0.15, 0.2) is 11.4 Å². The summed E-state index contributed by atoms with van der Waals surface area (Å²) in [5.41, 5.74) is 8.59. The molecule has 1 aliphatic heterocycles. The Hall–Kier alpha value is -0.910. The number of hydrogen-bond acceptors (Lipinski definition) is 5. The fourth-order valence-electron chi connectivity index (χ4n) is 2.61. The lowest BCUT2D eigenvalue weighted by Crippen LogP contribution is -2.29. The van der Waals surface area contributed by atoms with Crippen LogP contribution in [-0.2, 0) is 24.9 Å². The zero-order valence-corrected chi connectivity index (χ0v) is 13.9. The van der Waals surface area contributed by atoms with E-state index in [1.54, 1.807) is 11.3 Å². The maximum absolute atomic E-state index is 5.90. The van der Waals surface area contributed by atoms with Gasteiger partial charge in [0.2, 0.25) is 0 Å². The van der Waals surface area contributed by atoms with Gasteiger partial charge in [-0.1, -0.05) is 20.8 Å². The first-order valence-electron chi connectivity index (χ1n) is 6.99. The lowest BCUT2D eigenvalue weighted by Gasteiger charge is -2.26. The molecule has 108 valence electrons. The molecule has 2 aromatic heterocycles. The van der Waals surface area contributed by atoms with E-state index in [1.165, 1.54) is 15.3 Å². The van der Waals surface area contributed by atoms with Gasteiger partial charge in [-0.2, -0.15) is 0 Å². The van der Waals surface area contributed by atoms with Crippen LogP contribution in [0.25, 0.3) is 0 Å². The summed E-state index contributed by atoms with van der Waals surface area (Å²) in [5.74, 6) is 0. The summed E-state index contributed by atoms with van der Waals surface area (Å²) >= 11 is 3.64. The van der Waals surface area contributed by atoms with Gasteiger partial charge in [-0.05, 0) is 23.4 Å². The summed E-state index contributed by atoms with van der Waals surface area (Å²) in [7, 11) is 0. The molecule has 0 saturated carbocycles. The molecule has 3 heterocycles. The van der Waals surface area contributed by atoms with Crippen molar-refractivity contribution in [1.82, 2.24) is 4.98 Å². The summed E-state index contributed by atoms with van der Waals surface area (Å²) < 4.78 is 0. The lowest BCUT2D eigenvalue weighted by molar-refractivity contribution is 0.565. The van der Waals surface area contributed by atoms with Crippen molar-refractivity contribution >= 4 is 27.8 Å². The van der Waals surface area contributed by atoms with Crippen LogP contribution in [0.4, 0.5) is 5.13 Å². The van der Waals surface area contributed by atoms with Crippen LogP contribution in [-0.4, -0.2) is 11.5 Å². The second kappa shape index (κ2) is 5.13. The molecule has 0 bridgehead atoms. The topological polar surface area (TPSA) is 42.2 Å². The summed E-state index contributed by atoms with van der Waals surface area (Å²) in [4.78, 5) is 10.1. The van der Waals surface area contributed by atoms with E-state index in [2.05, 4.69) is 37.1 Å². The van der Waals surface area contributed by atoms with E-state index in [0.717, 1.165) is 30.3 Å². The number of aromatic nitrogens is 1. The van der Waals surface area contributed by atoms with Gasteiger partial charge in [-0.25, -0.2) is 4.98 Å². The molecule has 0 fully saturated rings. The van der Waals surface area contributed by atoms with Crippen molar-refractivity contribution in [2.45, 2.75) is 45.7 Å². The minimum Gasteiger partial charge on any atom is -0.343 e.